The number of methoxy groups -OCH3 is 1. The van der Waals surface area contributed by atoms with Crippen LogP contribution in [-0.4, -0.2) is 36.3 Å². The zero-order valence-corrected chi connectivity index (χ0v) is 11.8. The van der Waals surface area contributed by atoms with Crippen molar-refractivity contribution in [1.29, 1.82) is 0 Å². The van der Waals surface area contributed by atoms with E-state index in [-0.39, 0.29) is 40.0 Å². The third-order valence-corrected chi connectivity index (χ3v) is 1.35. The Morgan fingerprint density at radius 1 is 1.50 bits per heavy atom. The Morgan fingerprint density at radius 2 is 2.14 bits per heavy atom. The Bertz CT molecular complexity index is 184. The second kappa shape index (κ2) is 15.8. The Balaban J connectivity index is -0.000000605. The van der Waals surface area contributed by atoms with E-state index in [9.17, 15) is 5.11 Å². The molecule has 0 amide bonds. The fourth-order valence-electron chi connectivity index (χ4n) is 0.705. The summed E-state index contributed by atoms with van der Waals surface area (Å²) in [5, 5.41) is 11.0. The van der Waals surface area contributed by atoms with Crippen LogP contribution in [0.15, 0.2) is 12.3 Å². The molecule has 1 unspecified atom stereocenters. The first-order valence-electron chi connectivity index (χ1n) is 4.16. The average Bonchev–Trinajstić information content (AvgIpc) is 2.09. The van der Waals surface area contributed by atoms with Crippen LogP contribution < -0.4 is 22.1 Å². The summed E-state index contributed by atoms with van der Waals surface area (Å²) in [6, 6.07) is 0. The van der Waals surface area contributed by atoms with Crippen molar-refractivity contribution >= 4 is 23.1 Å². The van der Waals surface area contributed by atoms with Gasteiger partial charge in [-0.05, 0) is 0 Å². The molecule has 0 rings (SSSR count). The van der Waals surface area contributed by atoms with Crippen molar-refractivity contribution in [2.75, 3.05) is 7.11 Å². The maximum atomic E-state index is 11.0. The fourth-order valence-corrected chi connectivity index (χ4v) is 0.705. The molecule has 14 heavy (non-hydrogen) atoms. The Kier molecular flexibility index (Phi) is 22.3. The standard InChI is InChI=1S/C10H15O2.BrH.Mg/c1-3-4-7-10(11)8-5-6-9-12-2;;/h6,9-10H,3-4,7H2,1-2H3;1H;/q-1;;+2/p-1/b9-6-;;. The van der Waals surface area contributed by atoms with Crippen molar-refractivity contribution in [3.8, 4) is 11.8 Å². The van der Waals surface area contributed by atoms with Crippen LogP contribution in [0.1, 0.15) is 26.2 Å². The van der Waals surface area contributed by atoms with E-state index < -0.39 is 6.10 Å². The minimum atomic E-state index is -0.744. The summed E-state index contributed by atoms with van der Waals surface area (Å²) < 4.78 is 4.62. The quantitative estimate of drug-likeness (QED) is 0.327. The third-order valence-electron chi connectivity index (χ3n) is 1.35. The fraction of sp³-hybridized carbons (Fsp3) is 0.600. The molecule has 0 aromatic rings. The van der Waals surface area contributed by atoms with Gasteiger partial charge >= 0.3 is 23.1 Å². The SMILES string of the molecule is CCCCC([O-])C#C/C=C\OC.[Br-].[Mg+2]. The van der Waals surface area contributed by atoms with Gasteiger partial charge < -0.3 is 26.8 Å². The average molecular weight is 271 g/mol. The van der Waals surface area contributed by atoms with Gasteiger partial charge in [-0.1, -0.05) is 38.2 Å². The Labute approximate surface area is 113 Å². The first kappa shape index (κ1) is 19.8. The van der Waals surface area contributed by atoms with Crippen molar-refractivity contribution in [2.45, 2.75) is 32.3 Å². The first-order chi connectivity index (χ1) is 5.81. The van der Waals surface area contributed by atoms with E-state index in [0.717, 1.165) is 12.8 Å². The van der Waals surface area contributed by atoms with Gasteiger partial charge in [0.25, 0.3) is 0 Å². The monoisotopic (exact) mass is 270 g/mol. The predicted octanol–water partition coefficient (Wildman–Crippen LogP) is -2.31. The molecule has 0 aromatic carbocycles. The molecule has 0 N–H and O–H groups in total. The molecule has 0 spiro atoms. The molecule has 1 atom stereocenters. The number of halogens is 1. The first-order valence-corrected chi connectivity index (χ1v) is 4.16. The molecule has 2 nitrogen and oxygen atoms in total. The molecule has 4 heteroatoms. The molecule has 0 aliphatic carbocycles. The van der Waals surface area contributed by atoms with Crippen molar-refractivity contribution in [1.82, 2.24) is 0 Å². The van der Waals surface area contributed by atoms with Crippen LogP contribution in [0.25, 0.3) is 0 Å². The number of rotatable bonds is 4. The zero-order chi connectivity index (χ0) is 9.23. The second-order valence-electron chi connectivity index (χ2n) is 2.46. The van der Waals surface area contributed by atoms with Gasteiger partial charge in [0.05, 0.1) is 13.4 Å². The van der Waals surface area contributed by atoms with E-state index in [1.165, 1.54) is 12.3 Å². The molecule has 0 fully saturated rings. The molecule has 0 aromatic heterocycles. The van der Waals surface area contributed by atoms with Crippen molar-refractivity contribution in [3.63, 3.8) is 0 Å². The summed E-state index contributed by atoms with van der Waals surface area (Å²) in [6.45, 7) is 2.06. The van der Waals surface area contributed by atoms with Crippen LogP contribution in [0.4, 0.5) is 0 Å². The van der Waals surface area contributed by atoms with Crippen molar-refractivity contribution in [2.24, 2.45) is 0 Å². The van der Waals surface area contributed by atoms with E-state index in [1.54, 1.807) is 7.11 Å². The van der Waals surface area contributed by atoms with Crippen LogP contribution >= 0.6 is 0 Å². The molecule has 0 aliphatic heterocycles. The number of hydrogen-bond acceptors (Lipinski definition) is 2. The largest absolute Gasteiger partial charge is 2.00 e. The minimum Gasteiger partial charge on any atom is -1.00 e. The molecule has 76 valence electrons. The van der Waals surface area contributed by atoms with Crippen LogP contribution in [0, 0.1) is 11.8 Å². The maximum Gasteiger partial charge on any atom is 2.00 e. The van der Waals surface area contributed by atoms with Crippen LogP contribution in [0.3, 0.4) is 0 Å². The molecule has 0 heterocycles. The van der Waals surface area contributed by atoms with Crippen LogP contribution in [-0.2, 0) is 4.74 Å². The molecular weight excluding hydrogens is 256 g/mol. The Hall–Kier alpha value is 0.306. The third kappa shape index (κ3) is 14.8. The molecule has 0 radical (unpaired) electrons. The van der Waals surface area contributed by atoms with Crippen molar-refractivity contribution < 1.29 is 26.8 Å². The summed E-state index contributed by atoms with van der Waals surface area (Å²) in [7, 11) is 1.55. The normalized spacial score (nSPS) is 10.5. The van der Waals surface area contributed by atoms with Crippen molar-refractivity contribution in [3.05, 3.63) is 12.3 Å². The Morgan fingerprint density at radius 3 is 2.64 bits per heavy atom. The number of allylic oxidation sites excluding steroid dienone is 1. The molecule has 0 bridgehead atoms. The molecule has 0 aliphatic rings. The van der Waals surface area contributed by atoms with Gasteiger partial charge in [0.15, 0.2) is 0 Å². The van der Waals surface area contributed by atoms with Gasteiger partial charge in [0.2, 0.25) is 0 Å². The predicted molar refractivity (Wildman–Crippen MR) is 53.0 cm³/mol. The molecule has 0 saturated carbocycles. The number of unbranched alkanes of at least 4 members (excludes halogenated alkanes) is 1. The summed E-state index contributed by atoms with van der Waals surface area (Å²) in [6.07, 6.45) is 4.90. The van der Waals surface area contributed by atoms with Gasteiger partial charge in [0.1, 0.15) is 0 Å². The van der Waals surface area contributed by atoms with E-state index in [1.807, 2.05) is 0 Å². The van der Waals surface area contributed by atoms with E-state index in [4.69, 9.17) is 0 Å². The topological polar surface area (TPSA) is 32.3 Å². The summed E-state index contributed by atoms with van der Waals surface area (Å²) in [4.78, 5) is 0. The number of hydrogen-bond donors (Lipinski definition) is 0. The van der Waals surface area contributed by atoms with E-state index in [0.29, 0.717) is 6.42 Å². The minimum absolute atomic E-state index is 0. The smallest absolute Gasteiger partial charge is 1.00 e. The van der Waals surface area contributed by atoms with E-state index in [2.05, 4.69) is 23.5 Å². The second-order valence-corrected chi connectivity index (χ2v) is 2.46. The number of ether oxygens (including phenoxy) is 1. The summed E-state index contributed by atoms with van der Waals surface area (Å²) in [5.74, 6) is 5.21. The van der Waals surface area contributed by atoms with Gasteiger partial charge in [-0.25, -0.2) is 0 Å². The van der Waals surface area contributed by atoms with Crippen LogP contribution in [0.2, 0.25) is 0 Å². The van der Waals surface area contributed by atoms with Gasteiger partial charge in [-0.15, -0.1) is 5.92 Å². The van der Waals surface area contributed by atoms with Crippen LogP contribution in [0.5, 0.6) is 0 Å². The summed E-state index contributed by atoms with van der Waals surface area (Å²) in [5.41, 5.74) is 0. The van der Waals surface area contributed by atoms with Gasteiger partial charge in [-0.2, -0.15) is 0 Å². The zero-order valence-electron chi connectivity index (χ0n) is 8.75. The molecule has 0 saturated heterocycles. The van der Waals surface area contributed by atoms with E-state index >= 15 is 0 Å². The van der Waals surface area contributed by atoms with Gasteiger partial charge in [-0.3, -0.25) is 0 Å². The van der Waals surface area contributed by atoms with Gasteiger partial charge in [0, 0.05) is 6.08 Å². The maximum absolute atomic E-state index is 11.0. The molecular formula is C10H15BrMgO2. The summed E-state index contributed by atoms with van der Waals surface area (Å²) >= 11 is 0.